The molecule has 20 heteroatoms. The average molecular weight is 475 g/mol. The first kappa shape index (κ1) is 22.5. The van der Waals surface area contributed by atoms with Crippen molar-refractivity contribution in [3.05, 3.63) is 0 Å². The first-order valence-corrected chi connectivity index (χ1v) is 9.92. The Labute approximate surface area is 171 Å². The standard InChI is InChI=1S/C10H17N7O11S2/c11-6-14-5-3(2-25-8(18)16-30(22,23)24)13-7(12)17-1-4(26-29-28-27-21)10(19,20)9(5,17)15-6/h3-5,19-21H,1-2H2,(H2,12,13)(H,16,18)(H3,11,14,15)(H,22,23,24)/t3-,4-,5-,9?/m0/s1. The Morgan fingerprint density at radius 3 is 2.73 bits per heavy atom. The largest absolute Gasteiger partial charge is 0.446 e. The molecular weight excluding hydrogens is 458 g/mol. The van der Waals surface area contributed by atoms with Crippen molar-refractivity contribution in [1.82, 2.24) is 14.9 Å². The van der Waals surface area contributed by atoms with Crippen LogP contribution in [0.25, 0.3) is 0 Å². The molecule has 4 atom stereocenters. The average Bonchev–Trinajstić information content (AvgIpc) is 3.08. The third-order valence-corrected chi connectivity index (χ3v) is 5.41. The summed E-state index contributed by atoms with van der Waals surface area (Å²) in [6, 6.07) is -2.35. The number of guanidine groups is 2. The van der Waals surface area contributed by atoms with Crippen LogP contribution in [0.15, 0.2) is 9.98 Å². The molecule has 1 fully saturated rings. The Balaban J connectivity index is 1.85. The minimum Gasteiger partial charge on any atom is -0.446 e. The number of nitrogens with two attached hydrogens (primary N) is 2. The molecule has 0 aromatic rings. The Morgan fingerprint density at radius 1 is 1.40 bits per heavy atom. The maximum atomic E-state index is 11.5. The lowest BCUT2D eigenvalue weighted by Crippen LogP contribution is -2.77. The van der Waals surface area contributed by atoms with Crippen molar-refractivity contribution in [2.24, 2.45) is 21.5 Å². The zero-order chi connectivity index (χ0) is 22.3. The molecule has 0 saturated carbocycles. The molecule has 30 heavy (non-hydrogen) atoms. The Kier molecular flexibility index (Phi) is 5.87. The number of hydrogen-bond donors (Lipinski definition) is 8. The fourth-order valence-electron chi connectivity index (χ4n) is 3.51. The van der Waals surface area contributed by atoms with Crippen molar-refractivity contribution < 1.29 is 51.5 Å². The van der Waals surface area contributed by atoms with Gasteiger partial charge in [-0.1, -0.05) is 5.04 Å². The summed E-state index contributed by atoms with van der Waals surface area (Å²) in [5.41, 5.74) is 9.73. The predicted octanol–water partition coefficient (Wildman–Crippen LogP) is -4.44. The van der Waals surface area contributed by atoms with Crippen LogP contribution in [0.2, 0.25) is 0 Å². The molecule has 0 aromatic carbocycles. The Bertz CT molecular complexity index is 866. The van der Waals surface area contributed by atoms with Crippen LogP contribution >= 0.6 is 12.3 Å². The number of nitrogens with one attached hydrogen (secondary N) is 2. The number of carbonyl (C=O) groups is 1. The lowest BCUT2D eigenvalue weighted by atomic mass is 9.86. The fraction of sp³-hybridized carbons (Fsp3) is 0.700. The van der Waals surface area contributed by atoms with Crippen LogP contribution in [0.4, 0.5) is 4.79 Å². The van der Waals surface area contributed by atoms with Gasteiger partial charge in [0.05, 0.1) is 6.54 Å². The molecule has 1 unspecified atom stereocenters. The van der Waals surface area contributed by atoms with E-state index in [1.807, 2.05) is 0 Å². The van der Waals surface area contributed by atoms with E-state index in [-0.39, 0.29) is 30.8 Å². The molecule has 0 aromatic heterocycles. The van der Waals surface area contributed by atoms with Gasteiger partial charge in [0, 0.05) is 0 Å². The molecule has 0 radical (unpaired) electrons. The normalized spacial score (nSPS) is 31.9. The van der Waals surface area contributed by atoms with Gasteiger partial charge in [0.15, 0.2) is 36.0 Å². The van der Waals surface area contributed by atoms with Crippen LogP contribution in [0.3, 0.4) is 0 Å². The van der Waals surface area contributed by atoms with Crippen molar-refractivity contribution in [1.29, 1.82) is 0 Å². The predicted molar refractivity (Wildman–Crippen MR) is 93.9 cm³/mol. The fourth-order valence-corrected chi connectivity index (χ4v) is 4.13. The molecule has 10 N–H and O–H groups in total. The van der Waals surface area contributed by atoms with Crippen LogP contribution < -0.4 is 21.5 Å². The Morgan fingerprint density at radius 2 is 2.10 bits per heavy atom. The smallest absolute Gasteiger partial charge is 0.422 e. The van der Waals surface area contributed by atoms with Gasteiger partial charge in [0.25, 0.3) is 0 Å². The summed E-state index contributed by atoms with van der Waals surface area (Å²) in [6.07, 6.45) is -2.94. The van der Waals surface area contributed by atoms with E-state index in [4.69, 9.17) is 30.2 Å². The maximum absolute atomic E-state index is 11.5. The van der Waals surface area contributed by atoms with E-state index in [0.29, 0.717) is 0 Å². The van der Waals surface area contributed by atoms with Gasteiger partial charge in [-0.25, -0.2) is 20.0 Å². The lowest BCUT2D eigenvalue weighted by Gasteiger charge is -2.48. The van der Waals surface area contributed by atoms with E-state index in [0.717, 1.165) is 0 Å². The number of ether oxygens (including phenoxy) is 1. The lowest BCUT2D eigenvalue weighted by molar-refractivity contribution is -0.434. The number of aliphatic hydroxyl groups is 2. The number of nitrogens with zero attached hydrogens (tertiary/aromatic N) is 3. The highest BCUT2D eigenvalue weighted by atomic mass is 32.2. The summed E-state index contributed by atoms with van der Waals surface area (Å²) in [4.78, 5) is 20.8. The van der Waals surface area contributed by atoms with Crippen molar-refractivity contribution in [2.75, 3.05) is 13.2 Å². The van der Waals surface area contributed by atoms with E-state index in [2.05, 4.69) is 24.7 Å². The molecular formula is C10H17N7O11S2. The topological polar surface area (TPSA) is 273 Å². The summed E-state index contributed by atoms with van der Waals surface area (Å²) in [6.45, 7) is -0.883. The molecule has 3 aliphatic rings. The second-order valence-corrected chi connectivity index (χ2v) is 7.83. The number of carbonyl (C=O) groups excluding carboxylic acids is 1. The minimum atomic E-state index is -4.86. The highest BCUT2D eigenvalue weighted by molar-refractivity contribution is 7.89. The first-order chi connectivity index (χ1) is 13.9. The quantitative estimate of drug-likeness (QED) is 0.0430. The van der Waals surface area contributed by atoms with Crippen molar-refractivity contribution in [3.8, 4) is 0 Å². The number of aliphatic imine (C=N–C) groups is 2. The second-order valence-electron chi connectivity index (χ2n) is 6.21. The van der Waals surface area contributed by atoms with E-state index in [1.165, 1.54) is 9.62 Å². The number of amides is 1. The third kappa shape index (κ3) is 3.79. The molecule has 1 spiro atoms. The molecule has 18 nitrogen and oxygen atoms in total. The molecule has 1 saturated heterocycles. The summed E-state index contributed by atoms with van der Waals surface area (Å²) in [5.74, 6) is -3.21. The molecule has 3 aliphatic heterocycles. The monoisotopic (exact) mass is 475 g/mol. The zero-order valence-electron chi connectivity index (χ0n) is 14.6. The first-order valence-electron chi connectivity index (χ1n) is 7.81. The van der Waals surface area contributed by atoms with Gasteiger partial charge in [-0.05, 0) is 0 Å². The van der Waals surface area contributed by atoms with E-state index >= 15 is 0 Å². The molecule has 1 amide bonds. The zero-order valence-corrected chi connectivity index (χ0v) is 16.2. The van der Waals surface area contributed by atoms with E-state index in [1.54, 1.807) is 0 Å². The highest BCUT2D eigenvalue weighted by Crippen LogP contribution is 2.46. The van der Waals surface area contributed by atoms with E-state index < -0.39 is 52.6 Å². The SMILES string of the molecule is NC1=N[C@H]2[C@H](COC(=O)NS(=O)(=O)O)N=C(N)N3C[C@H](OSOOO)C(O)(O)C23N1. The van der Waals surface area contributed by atoms with Gasteiger partial charge < -0.3 is 36.6 Å². The van der Waals surface area contributed by atoms with Crippen LogP contribution in [0, 0.1) is 0 Å². The van der Waals surface area contributed by atoms with Crippen molar-refractivity contribution in [3.63, 3.8) is 0 Å². The molecule has 0 aliphatic carbocycles. The molecule has 3 heterocycles. The second kappa shape index (κ2) is 7.82. The van der Waals surface area contributed by atoms with Gasteiger partial charge >= 0.3 is 16.4 Å². The van der Waals surface area contributed by atoms with E-state index in [9.17, 15) is 23.4 Å². The summed E-state index contributed by atoms with van der Waals surface area (Å²) < 4.78 is 44.9. The van der Waals surface area contributed by atoms with Crippen LogP contribution in [0.5, 0.6) is 0 Å². The van der Waals surface area contributed by atoms with Gasteiger partial charge in [-0.2, -0.15) is 13.1 Å². The Hall–Kier alpha value is -2.17. The molecule has 170 valence electrons. The van der Waals surface area contributed by atoms with Gasteiger partial charge in [0.2, 0.25) is 5.79 Å². The van der Waals surface area contributed by atoms with Crippen molar-refractivity contribution in [2.45, 2.75) is 29.6 Å². The van der Waals surface area contributed by atoms with Gasteiger partial charge in [-0.3, -0.25) is 8.74 Å². The number of rotatable bonds is 7. The highest BCUT2D eigenvalue weighted by Gasteiger charge is 2.74. The summed E-state index contributed by atoms with van der Waals surface area (Å²) >= 11 is 0.0971. The third-order valence-electron chi connectivity index (χ3n) is 4.56. The number of hydrogen-bond acceptors (Lipinski definition) is 17. The van der Waals surface area contributed by atoms with Crippen LogP contribution in [0.1, 0.15) is 0 Å². The molecule has 0 bridgehead atoms. The van der Waals surface area contributed by atoms with Gasteiger partial charge in [-0.15, -0.1) is 4.33 Å². The minimum absolute atomic E-state index is 0.0971. The van der Waals surface area contributed by atoms with Crippen LogP contribution in [-0.2, 0) is 28.6 Å². The maximum Gasteiger partial charge on any atom is 0.422 e. The summed E-state index contributed by atoms with van der Waals surface area (Å²) in [7, 11) is -4.86. The molecule has 3 rings (SSSR count). The van der Waals surface area contributed by atoms with Gasteiger partial charge in [0.1, 0.15) is 18.7 Å². The summed E-state index contributed by atoms with van der Waals surface area (Å²) in [5, 5.41) is 35.9. The van der Waals surface area contributed by atoms with Crippen LogP contribution in [-0.4, -0.2) is 94.1 Å². The van der Waals surface area contributed by atoms with Crippen molar-refractivity contribution >= 4 is 40.6 Å².